The van der Waals surface area contributed by atoms with Crippen LogP contribution in [0.3, 0.4) is 0 Å². The maximum Gasteiger partial charge on any atom is 0.343 e. The van der Waals surface area contributed by atoms with E-state index in [1.807, 2.05) is 6.92 Å². The van der Waals surface area contributed by atoms with Crippen LogP contribution in [0, 0.1) is 0 Å². The van der Waals surface area contributed by atoms with Crippen LogP contribution in [0.4, 0.5) is 11.4 Å². The molecule has 0 fully saturated rings. The summed E-state index contributed by atoms with van der Waals surface area (Å²) in [5.74, 6) is -0.208. The Labute approximate surface area is 149 Å². The van der Waals surface area contributed by atoms with Gasteiger partial charge in [0.1, 0.15) is 0 Å². The zero-order valence-corrected chi connectivity index (χ0v) is 15.0. The summed E-state index contributed by atoms with van der Waals surface area (Å²) in [5.41, 5.74) is 1.03. The van der Waals surface area contributed by atoms with Crippen LogP contribution in [0.1, 0.15) is 26.7 Å². The molecule has 0 aliphatic rings. The molecule has 1 aromatic carbocycles. The number of carbonyl (C=O) groups is 2. The van der Waals surface area contributed by atoms with Gasteiger partial charge in [-0.1, -0.05) is 25.1 Å². The zero-order valence-electron chi connectivity index (χ0n) is 14.2. The lowest BCUT2D eigenvalue weighted by molar-refractivity contribution is -0.114. The maximum atomic E-state index is 12.1. The fourth-order valence-corrected chi connectivity index (χ4v) is 2.87. The van der Waals surface area contributed by atoms with E-state index >= 15 is 0 Å². The molecule has 0 atom stereocenters. The number of hydrogen-bond donors (Lipinski definition) is 3. The molecule has 0 bridgehead atoms. The van der Waals surface area contributed by atoms with Gasteiger partial charge in [0, 0.05) is 24.8 Å². The minimum absolute atomic E-state index is 0.143. The molecular weight excluding hydrogens is 342 g/mol. The predicted octanol–water partition coefficient (Wildman–Crippen LogP) is 2.06. The molecule has 3 N–H and O–H groups in total. The van der Waals surface area contributed by atoms with Crippen LogP contribution >= 0.6 is 11.8 Å². The van der Waals surface area contributed by atoms with E-state index in [0.29, 0.717) is 23.1 Å². The lowest BCUT2D eigenvalue weighted by Crippen LogP contribution is -2.19. The molecule has 0 saturated heterocycles. The summed E-state index contributed by atoms with van der Waals surface area (Å²) in [6, 6.07) is 6.83. The Hall–Kier alpha value is -2.55. The van der Waals surface area contributed by atoms with Crippen LogP contribution in [0.2, 0.25) is 0 Å². The van der Waals surface area contributed by atoms with Crippen LogP contribution in [-0.4, -0.2) is 32.3 Å². The molecule has 1 heterocycles. The molecule has 0 radical (unpaired) electrons. The summed E-state index contributed by atoms with van der Waals surface area (Å²) in [4.78, 5) is 34.7. The van der Waals surface area contributed by atoms with E-state index in [0.717, 1.165) is 12.8 Å². The van der Waals surface area contributed by atoms with Gasteiger partial charge in [-0.2, -0.15) is 0 Å². The number of nitrogens with zero attached hydrogens (tertiary/aromatic N) is 2. The van der Waals surface area contributed by atoms with Crippen molar-refractivity contribution in [3.05, 3.63) is 34.7 Å². The van der Waals surface area contributed by atoms with E-state index in [1.54, 1.807) is 28.8 Å². The average Bonchev–Trinajstić information content (AvgIpc) is 2.92. The number of carbonyl (C=O) groups excluding carboxylic acids is 2. The van der Waals surface area contributed by atoms with Gasteiger partial charge in [-0.05, 0) is 30.7 Å². The number of hydrogen-bond acceptors (Lipinski definition) is 5. The molecule has 0 aliphatic carbocycles. The van der Waals surface area contributed by atoms with Gasteiger partial charge >= 0.3 is 5.69 Å². The highest BCUT2D eigenvalue weighted by atomic mass is 32.2. The van der Waals surface area contributed by atoms with Gasteiger partial charge in [0.15, 0.2) is 5.16 Å². The van der Waals surface area contributed by atoms with Crippen LogP contribution in [0.25, 0.3) is 0 Å². The molecule has 0 saturated carbocycles. The highest BCUT2D eigenvalue weighted by Crippen LogP contribution is 2.16. The summed E-state index contributed by atoms with van der Waals surface area (Å²) in [7, 11) is 0. The van der Waals surface area contributed by atoms with Crippen LogP contribution in [-0.2, 0) is 16.1 Å². The number of benzene rings is 1. The minimum Gasteiger partial charge on any atom is -0.326 e. The topological polar surface area (TPSA) is 109 Å². The maximum absolute atomic E-state index is 12.1. The van der Waals surface area contributed by atoms with E-state index in [4.69, 9.17) is 0 Å². The number of anilines is 2. The fourth-order valence-electron chi connectivity index (χ4n) is 2.09. The number of H-pyrrole nitrogens is 1. The number of rotatable bonds is 8. The molecule has 1 aromatic heterocycles. The molecule has 2 amide bonds. The third-order valence-corrected chi connectivity index (χ3v) is 4.26. The Balaban J connectivity index is 1.88. The third kappa shape index (κ3) is 5.79. The van der Waals surface area contributed by atoms with Crippen molar-refractivity contribution in [1.29, 1.82) is 0 Å². The second-order valence-electron chi connectivity index (χ2n) is 5.41. The van der Waals surface area contributed by atoms with Crippen LogP contribution < -0.4 is 16.3 Å². The third-order valence-electron chi connectivity index (χ3n) is 3.28. The van der Waals surface area contributed by atoms with Crippen molar-refractivity contribution in [3.63, 3.8) is 0 Å². The summed E-state index contributed by atoms with van der Waals surface area (Å²) < 4.78 is 1.55. The molecule has 134 valence electrons. The van der Waals surface area contributed by atoms with Gasteiger partial charge in [-0.15, -0.1) is 5.10 Å². The molecular formula is C16H21N5O3S. The SMILES string of the molecule is CCCCn1c(SCC(=O)Nc2ccc(NC(C)=O)cc2)n[nH]c1=O. The van der Waals surface area contributed by atoms with E-state index < -0.39 is 0 Å². The van der Waals surface area contributed by atoms with Gasteiger partial charge in [-0.25, -0.2) is 9.89 Å². The lowest BCUT2D eigenvalue weighted by Gasteiger charge is -2.07. The highest BCUT2D eigenvalue weighted by Gasteiger charge is 2.11. The molecule has 2 aromatic rings. The Morgan fingerprint density at radius 1 is 1.20 bits per heavy atom. The first-order valence-electron chi connectivity index (χ1n) is 7.95. The van der Waals surface area contributed by atoms with Gasteiger partial charge in [-0.3, -0.25) is 14.2 Å². The Morgan fingerprint density at radius 3 is 2.44 bits per heavy atom. The summed E-state index contributed by atoms with van der Waals surface area (Å²) in [5, 5.41) is 12.3. The zero-order chi connectivity index (χ0) is 18.2. The normalized spacial score (nSPS) is 10.5. The Morgan fingerprint density at radius 2 is 1.84 bits per heavy atom. The Bertz CT molecular complexity index is 782. The number of nitrogens with one attached hydrogen (secondary N) is 3. The van der Waals surface area contributed by atoms with Gasteiger partial charge in [0.25, 0.3) is 0 Å². The van der Waals surface area contributed by atoms with E-state index in [9.17, 15) is 14.4 Å². The highest BCUT2D eigenvalue weighted by molar-refractivity contribution is 7.99. The number of aromatic nitrogens is 3. The molecule has 0 aliphatic heterocycles. The molecule has 9 heteroatoms. The van der Waals surface area contributed by atoms with E-state index in [1.165, 1.54) is 18.7 Å². The van der Waals surface area contributed by atoms with Gasteiger partial charge in [0.2, 0.25) is 11.8 Å². The number of amides is 2. The number of thioether (sulfide) groups is 1. The second-order valence-corrected chi connectivity index (χ2v) is 6.35. The first kappa shape index (κ1) is 18.8. The van der Waals surface area contributed by atoms with Crippen molar-refractivity contribution in [1.82, 2.24) is 14.8 Å². The van der Waals surface area contributed by atoms with Crippen LogP contribution in [0.5, 0.6) is 0 Å². The standard InChI is InChI=1S/C16H21N5O3S/c1-3-4-9-21-15(24)19-20-16(21)25-10-14(23)18-13-7-5-12(6-8-13)17-11(2)22/h5-8H,3-4,9-10H2,1-2H3,(H,17,22)(H,18,23)(H,19,24). The van der Waals surface area contributed by atoms with Crippen molar-refractivity contribution in [2.75, 3.05) is 16.4 Å². The minimum atomic E-state index is -0.259. The van der Waals surface area contributed by atoms with Crippen molar-refractivity contribution in [2.45, 2.75) is 38.4 Å². The number of unbranched alkanes of at least 4 members (excludes halogenated alkanes) is 1. The van der Waals surface area contributed by atoms with E-state index in [-0.39, 0.29) is 23.3 Å². The first-order valence-corrected chi connectivity index (χ1v) is 8.93. The largest absolute Gasteiger partial charge is 0.343 e. The van der Waals surface area contributed by atoms with E-state index in [2.05, 4.69) is 20.8 Å². The average molecular weight is 363 g/mol. The van der Waals surface area contributed by atoms with Crippen molar-refractivity contribution >= 4 is 35.0 Å². The van der Waals surface area contributed by atoms with Crippen molar-refractivity contribution in [3.8, 4) is 0 Å². The molecule has 0 unspecified atom stereocenters. The second kappa shape index (κ2) is 9.07. The summed E-state index contributed by atoms with van der Waals surface area (Å²) in [6.45, 7) is 4.06. The van der Waals surface area contributed by atoms with Crippen molar-refractivity contribution < 1.29 is 9.59 Å². The van der Waals surface area contributed by atoms with Crippen LogP contribution in [0.15, 0.2) is 34.2 Å². The number of aromatic amines is 1. The fraction of sp³-hybridized carbons (Fsp3) is 0.375. The first-order chi connectivity index (χ1) is 12.0. The molecule has 25 heavy (non-hydrogen) atoms. The van der Waals surface area contributed by atoms with Gasteiger partial charge < -0.3 is 10.6 Å². The summed E-state index contributed by atoms with van der Waals surface area (Å²) in [6.07, 6.45) is 1.84. The monoisotopic (exact) mass is 363 g/mol. The quantitative estimate of drug-likeness (QED) is 0.622. The molecule has 8 nitrogen and oxygen atoms in total. The summed E-state index contributed by atoms with van der Waals surface area (Å²) >= 11 is 1.21. The lowest BCUT2D eigenvalue weighted by atomic mass is 10.3. The molecule has 0 spiro atoms. The predicted molar refractivity (Wildman–Crippen MR) is 97.9 cm³/mol. The van der Waals surface area contributed by atoms with Gasteiger partial charge in [0.05, 0.1) is 5.75 Å². The molecule has 2 rings (SSSR count). The van der Waals surface area contributed by atoms with Crippen molar-refractivity contribution in [2.24, 2.45) is 0 Å². The Kier molecular flexibility index (Phi) is 6.81. The smallest absolute Gasteiger partial charge is 0.326 e.